The number of ether oxygens (including phenoxy) is 2. The normalized spacial score (nSPS) is 11.9. The van der Waals surface area contributed by atoms with Gasteiger partial charge in [-0.15, -0.1) is 0 Å². The molecule has 0 bridgehead atoms. The Hall–Kier alpha value is -3.52. The SMILES string of the molecule is COC(=O)c1ccc(-c2nc3cc(OC)c(S(=O)c4ccncc4)cc3[nH]2)cc1. The van der Waals surface area contributed by atoms with Crippen LogP contribution in [0.1, 0.15) is 10.4 Å². The molecule has 2 aromatic carbocycles. The van der Waals surface area contributed by atoms with Crippen molar-refractivity contribution >= 4 is 27.8 Å². The van der Waals surface area contributed by atoms with Crippen molar-refractivity contribution < 1.29 is 18.5 Å². The van der Waals surface area contributed by atoms with Gasteiger partial charge in [-0.1, -0.05) is 12.1 Å². The van der Waals surface area contributed by atoms with Crippen LogP contribution in [0.2, 0.25) is 0 Å². The van der Waals surface area contributed by atoms with Gasteiger partial charge in [-0.2, -0.15) is 0 Å². The molecule has 0 aliphatic rings. The first-order chi connectivity index (χ1) is 14.1. The standard InChI is InChI=1S/C21H17N3O4S/c1-27-18-11-16-17(12-19(18)29(26)15-7-9-22-10-8-15)24-20(23-16)13-3-5-14(6-4-13)21(25)28-2/h3-12H,1-2H3,(H,23,24). The highest BCUT2D eigenvalue weighted by atomic mass is 32.2. The van der Waals surface area contributed by atoms with Crippen LogP contribution in [-0.4, -0.2) is 39.3 Å². The summed E-state index contributed by atoms with van der Waals surface area (Å²) in [6, 6.07) is 13.9. The van der Waals surface area contributed by atoms with E-state index in [1.165, 1.54) is 14.2 Å². The van der Waals surface area contributed by atoms with E-state index in [9.17, 15) is 9.00 Å². The van der Waals surface area contributed by atoms with E-state index >= 15 is 0 Å². The first kappa shape index (κ1) is 18.8. The fourth-order valence-corrected chi connectivity index (χ4v) is 4.10. The fraction of sp³-hybridized carbons (Fsp3) is 0.0952. The van der Waals surface area contributed by atoms with E-state index in [-0.39, 0.29) is 0 Å². The Labute approximate surface area is 169 Å². The summed E-state index contributed by atoms with van der Waals surface area (Å²) in [5.41, 5.74) is 2.69. The molecule has 0 saturated carbocycles. The lowest BCUT2D eigenvalue weighted by atomic mass is 10.1. The van der Waals surface area contributed by atoms with E-state index in [1.807, 2.05) is 0 Å². The molecule has 1 N–H and O–H groups in total. The molecule has 4 aromatic rings. The van der Waals surface area contributed by atoms with E-state index in [2.05, 4.69) is 15.0 Å². The van der Waals surface area contributed by atoms with E-state index < -0.39 is 16.8 Å². The smallest absolute Gasteiger partial charge is 0.337 e. The summed E-state index contributed by atoms with van der Waals surface area (Å²) < 4.78 is 23.2. The van der Waals surface area contributed by atoms with Crippen LogP contribution in [0.4, 0.5) is 0 Å². The fourth-order valence-electron chi connectivity index (χ4n) is 2.93. The Morgan fingerprint density at radius 2 is 1.76 bits per heavy atom. The molecular weight excluding hydrogens is 390 g/mol. The van der Waals surface area contributed by atoms with Gasteiger partial charge in [-0.25, -0.2) is 14.0 Å². The van der Waals surface area contributed by atoms with Crippen molar-refractivity contribution in [3.63, 3.8) is 0 Å². The number of aromatic amines is 1. The number of pyridine rings is 1. The molecule has 146 valence electrons. The molecule has 0 amide bonds. The van der Waals surface area contributed by atoms with Gasteiger partial charge >= 0.3 is 5.97 Å². The van der Waals surface area contributed by atoms with Gasteiger partial charge in [-0.3, -0.25) is 4.98 Å². The average molecular weight is 407 g/mol. The first-order valence-electron chi connectivity index (χ1n) is 8.69. The van der Waals surface area contributed by atoms with Gasteiger partial charge in [0.1, 0.15) is 11.6 Å². The zero-order valence-corrected chi connectivity index (χ0v) is 16.5. The number of esters is 1. The molecule has 7 nitrogen and oxygen atoms in total. The number of methoxy groups -OCH3 is 2. The van der Waals surface area contributed by atoms with Crippen LogP contribution in [0.5, 0.6) is 5.75 Å². The van der Waals surface area contributed by atoms with E-state index in [0.29, 0.717) is 32.4 Å². The summed E-state index contributed by atoms with van der Waals surface area (Å²) in [7, 11) is 1.46. The van der Waals surface area contributed by atoms with E-state index in [4.69, 9.17) is 9.47 Å². The number of nitrogens with one attached hydrogen (secondary N) is 1. The third-order valence-corrected chi connectivity index (χ3v) is 5.83. The Bertz CT molecular complexity index is 1200. The summed E-state index contributed by atoms with van der Waals surface area (Å²) in [5.74, 6) is 0.728. The van der Waals surface area contributed by atoms with Gasteiger partial charge in [0.05, 0.1) is 46.5 Å². The van der Waals surface area contributed by atoms with Crippen LogP contribution >= 0.6 is 0 Å². The number of rotatable bonds is 5. The van der Waals surface area contributed by atoms with Crippen LogP contribution in [0, 0.1) is 0 Å². The van der Waals surface area contributed by atoms with Crippen molar-refractivity contribution in [3.05, 3.63) is 66.5 Å². The maximum Gasteiger partial charge on any atom is 0.337 e. The second-order valence-corrected chi connectivity index (χ2v) is 7.57. The summed E-state index contributed by atoms with van der Waals surface area (Å²) in [4.78, 5) is 24.6. The van der Waals surface area contributed by atoms with Crippen LogP contribution in [0.15, 0.2) is 70.7 Å². The number of carbonyl (C=O) groups is 1. The second kappa shape index (κ2) is 7.84. The van der Waals surface area contributed by atoms with Gasteiger partial charge in [0.2, 0.25) is 0 Å². The number of nitrogens with zero attached hydrogens (tertiary/aromatic N) is 2. The maximum atomic E-state index is 13.0. The lowest BCUT2D eigenvalue weighted by molar-refractivity contribution is 0.0600. The van der Waals surface area contributed by atoms with Crippen molar-refractivity contribution in [3.8, 4) is 17.1 Å². The molecule has 2 aromatic heterocycles. The van der Waals surface area contributed by atoms with Gasteiger partial charge in [0.25, 0.3) is 0 Å². The molecule has 4 rings (SSSR count). The van der Waals surface area contributed by atoms with Crippen LogP contribution in [0.3, 0.4) is 0 Å². The van der Waals surface area contributed by atoms with Gasteiger partial charge in [0, 0.05) is 28.9 Å². The van der Waals surface area contributed by atoms with Crippen LogP contribution < -0.4 is 4.74 Å². The first-order valence-corrected chi connectivity index (χ1v) is 9.84. The molecule has 0 saturated heterocycles. The molecule has 2 heterocycles. The largest absolute Gasteiger partial charge is 0.495 e. The lowest BCUT2D eigenvalue weighted by Gasteiger charge is -2.08. The number of carbonyl (C=O) groups excluding carboxylic acids is 1. The Kier molecular flexibility index (Phi) is 5.09. The predicted molar refractivity (Wildman–Crippen MR) is 108 cm³/mol. The number of aromatic nitrogens is 3. The molecular formula is C21H17N3O4S. The number of benzene rings is 2. The molecule has 0 aliphatic carbocycles. The third kappa shape index (κ3) is 3.62. The molecule has 0 fully saturated rings. The Morgan fingerprint density at radius 3 is 2.41 bits per heavy atom. The van der Waals surface area contributed by atoms with E-state index in [1.54, 1.807) is 60.9 Å². The van der Waals surface area contributed by atoms with Gasteiger partial charge in [0.15, 0.2) is 0 Å². The summed E-state index contributed by atoms with van der Waals surface area (Å²) in [5, 5.41) is 0. The number of hydrogen-bond acceptors (Lipinski definition) is 6. The predicted octanol–water partition coefficient (Wildman–Crippen LogP) is 3.59. The molecule has 1 unspecified atom stereocenters. The number of fused-ring (bicyclic) bond motifs is 1. The molecule has 29 heavy (non-hydrogen) atoms. The summed E-state index contributed by atoms with van der Waals surface area (Å²) in [6.45, 7) is 0. The Morgan fingerprint density at radius 1 is 1.03 bits per heavy atom. The number of imidazole rings is 1. The van der Waals surface area contributed by atoms with Gasteiger partial charge < -0.3 is 14.5 Å². The zero-order valence-electron chi connectivity index (χ0n) is 15.7. The van der Waals surface area contributed by atoms with Crippen molar-refractivity contribution in [2.75, 3.05) is 14.2 Å². The maximum absolute atomic E-state index is 13.0. The minimum atomic E-state index is -1.42. The highest BCUT2D eigenvalue weighted by molar-refractivity contribution is 7.85. The van der Waals surface area contributed by atoms with Crippen LogP contribution in [-0.2, 0) is 15.5 Å². The summed E-state index contributed by atoms with van der Waals surface area (Å²) in [6.07, 6.45) is 3.20. The molecule has 8 heteroatoms. The number of hydrogen-bond donors (Lipinski definition) is 1. The van der Waals surface area contributed by atoms with Gasteiger partial charge in [-0.05, 0) is 30.3 Å². The Balaban J connectivity index is 1.75. The van der Waals surface area contributed by atoms with E-state index in [0.717, 1.165) is 11.1 Å². The monoisotopic (exact) mass is 407 g/mol. The molecule has 0 aliphatic heterocycles. The zero-order chi connectivity index (χ0) is 20.4. The van der Waals surface area contributed by atoms with Crippen LogP contribution in [0.25, 0.3) is 22.4 Å². The van der Waals surface area contributed by atoms with Crippen molar-refractivity contribution in [1.82, 2.24) is 15.0 Å². The molecule has 1 atom stereocenters. The third-order valence-electron chi connectivity index (χ3n) is 4.41. The molecule has 0 radical (unpaired) electrons. The van der Waals surface area contributed by atoms with Crippen molar-refractivity contribution in [2.24, 2.45) is 0 Å². The topological polar surface area (TPSA) is 94.2 Å². The average Bonchev–Trinajstić information content (AvgIpc) is 3.20. The minimum absolute atomic E-state index is 0.394. The molecule has 0 spiro atoms. The summed E-state index contributed by atoms with van der Waals surface area (Å²) >= 11 is 0. The van der Waals surface area contributed by atoms with Crippen molar-refractivity contribution in [2.45, 2.75) is 9.79 Å². The highest BCUT2D eigenvalue weighted by Gasteiger charge is 2.17. The quantitative estimate of drug-likeness (QED) is 0.508. The highest BCUT2D eigenvalue weighted by Crippen LogP contribution is 2.31. The minimum Gasteiger partial charge on any atom is -0.495 e. The lowest BCUT2D eigenvalue weighted by Crippen LogP contribution is -2.00. The number of H-pyrrole nitrogens is 1. The second-order valence-electron chi connectivity index (χ2n) is 6.13. The van der Waals surface area contributed by atoms with Crippen molar-refractivity contribution in [1.29, 1.82) is 0 Å².